The second-order valence-corrected chi connectivity index (χ2v) is 9.46. The largest absolute Gasteiger partial charge is 0.494 e. The maximum absolute atomic E-state index is 12.5. The number of ether oxygens (including phenoxy) is 2. The van der Waals surface area contributed by atoms with E-state index >= 15 is 0 Å². The first kappa shape index (κ1) is 27.3. The van der Waals surface area contributed by atoms with Gasteiger partial charge in [-0.1, -0.05) is 19.3 Å². The van der Waals surface area contributed by atoms with E-state index in [1.807, 2.05) is 30.1 Å². The number of carbonyl (C=O) groups is 3. The maximum atomic E-state index is 12.5. The van der Waals surface area contributed by atoms with Crippen LogP contribution in [0.15, 0.2) is 23.2 Å². The predicted octanol–water partition coefficient (Wildman–Crippen LogP) is 3.27. The van der Waals surface area contributed by atoms with Crippen molar-refractivity contribution in [3.63, 3.8) is 0 Å². The monoisotopic (exact) mass is 501 g/mol. The molecule has 0 bridgehead atoms. The van der Waals surface area contributed by atoms with Gasteiger partial charge in [-0.15, -0.1) is 0 Å². The van der Waals surface area contributed by atoms with Crippen molar-refractivity contribution in [1.29, 1.82) is 0 Å². The fourth-order valence-electron chi connectivity index (χ4n) is 4.42. The van der Waals surface area contributed by atoms with Crippen molar-refractivity contribution in [2.45, 2.75) is 64.5 Å². The van der Waals surface area contributed by atoms with E-state index in [1.54, 1.807) is 25.9 Å². The Kier molecular flexibility index (Phi) is 9.95. The number of esters is 1. The van der Waals surface area contributed by atoms with Gasteiger partial charge in [0.1, 0.15) is 12.3 Å². The summed E-state index contributed by atoms with van der Waals surface area (Å²) in [6.45, 7) is 2.78. The number of aliphatic imine (C=N–C) groups is 1. The lowest BCUT2D eigenvalue weighted by Crippen LogP contribution is -2.49. The fraction of sp³-hybridized carbons (Fsp3) is 0.615. The number of nitrogens with one attached hydrogen (secondary N) is 1. The molecule has 0 aromatic heterocycles. The van der Waals surface area contributed by atoms with Crippen molar-refractivity contribution in [2.75, 3.05) is 40.9 Å². The molecule has 1 N–H and O–H groups in total. The first-order valence-corrected chi connectivity index (χ1v) is 12.8. The lowest BCUT2D eigenvalue weighted by Gasteiger charge is -2.31. The molecule has 3 rings (SSSR count). The normalized spacial score (nSPS) is 15.4. The van der Waals surface area contributed by atoms with Gasteiger partial charge >= 0.3 is 12.0 Å². The molecule has 1 fully saturated rings. The van der Waals surface area contributed by atoms with Crippen molar-refractivity contribution < 1.29 is 23.9 Å². The van der Waals surface area contributed by atoms with Crippen LogP contribution >= 0.6 is 0 Å². The molecule has 0 saturated heterocycles. The number of carbonyl (C=O) groups excluding carboxylic acids is 3. The summed E-state index contributed by atoms with van der Waals surface area (Å²) in [5.74, 6) is 0.743. The zero-order valence-electron chi connectivity index (χ0n) is 21.9. The fourth-order valence-corrected chi connectivity index (χ4v) is 4.42. The van der Waals surface area contributed by atoms with Crippen molar-refractivity contribution >= 4 is 29.6 Å². The molecule has 3 amide bonds. The Labute approximate surface area is 213 Å². The van der Waals surface area contributed by atoms with Crippen LogP contribution < -0.4 is 10.1 Å². The van der Waals surface area contributed by atoms with E-state index in [0.717, 1.165) is 18.4 Å². The average Bonchev–Trinajstić information content (AvgIpc) is 2.86. The van der Waals surface area contributed by atoms with Gasteiger partial charge in [0, 0.05) is 45.7 Å². The van der Waals surface area contributed by atoms with Gasteiger partial charge in [-0.05, 0) is 44.4 Å². The van der Waals surface area contributed by atoms with Gasteiger partial charge in [0.15, 0.2) is 0 Å². The Balaban J connectivity index is 1.58. The number of hydrogen-bond acceptors (Lipinski definition) is 7. The molecule has 1 heterocycles. The molecule has 36 heavy (non-hydrogen) atoms. The second kappa shape index (κ2) is 13.1. The quantitative estimate of drug-likeness (QED) is 0.411. The summed E-state index contributed by atoms with van der Waals surface area (Å²) >= 11 is 0. The molecule has 1 aromatic rings. The van der Waals surface area contributed by atoms with Crippen LogP contribution in [0.1, 0.15) is 57.4 Å². The van der Waals surface area contributed by atoms with E-state index < -0.39 is 5.97 Å². The minimum atomic E-state index is -0.400. The first-order valence-electron chi connectivity index (χ1n) is 12.8. The molecule has 0 spiro atoms. The van der Waals surface area contributed by atoms with Crippen molar-refractivity contribution in [2.24, 2.45) is 4.99 Å². The van der Waals surface area contributed by atoms with Crippen LogP contribution in [0.2, 0.25) is 0 Å². The zero-order valence-corrected chi connectivity index (χ0v) is 21.9. The van der Waals surface area contributed by atoms with E-state index in [-0.39, 0.29) is 25.1 Å². The molecule has 198 valence electrons. The molecule has 10 nitrogen and oxygen atoms in total. The lowest BCUT2D eigenvalue weighted by atomic mass is 9.94. The van der Waals surface area contributed by atoms with Crippen LogP contribution in [0.3, 0.4) is 0 Å². The van der Waals surface area contributed by atoms with Gasteiger partial charge in [-0.25, -0.2) is 9.79 Å². The van der Waals surface area contributed by atoms with Crippen molar-refractivity contribution in [3.8, 4) is 5.75 Å². The van der Waals surface area contributed by atoms with Gasteiger partial charge < -0.3 is 24.2 Å². The average molecular weight is 502 g/mol. The molecule has 10 heteroatoms. The number of nitrogens with zero attached hydrogens (tertiary/aromatic N) is 4. The highest BCUT2D eigenvalue weighted by Gasteiger charge is 2.25. The van der Waals surface area contributed by atoms with Crippen LogP contribution in [-0.2, 0) is 20.9 Å². The molecule has 0 atom stereocenters. The molecule has 0 unspecified atom stereocenters. The highest BCUT2D eigenvalue weighted by atomic mass is 16.5. The summed E-state index contributed by atoms with van der Waals surface area (Å²) < 4.78 is 11.0. The number of fused-ring (bicyclic) bond motifs is 1. The third-order valence-electron chi connectivity index (χ3n) is 6.51. The molecular formula is C26H39N5O5. The molecule has 1 aromatic carbocycles. The molecule has 2 aliphatic rings. The summed E-state index contributed by atoms with van der Waals surface area (Å²) in [5, 5.41) is 2.74. The van der Waals surface area contributed by atoms with E-state index in [1.165, 1.54) is 24.2 Å². The Morgan fingerprint density at radius 2 is 1.89 bits per heavy atom. The van der Waals surface area contributed by atoms with E-state index in [0.29, 0.717) is 49.4 Å². The molecule has 1 saturated carbocycles. The van der Waals surface area contributed by atoms with E-state index in [9.17, 15) is 14.4 Å². The number of urea groups is 1. The minimum Gasteiger partial charge on any atom is -0.494 e. The maximum Gasteiger partial charge on any atom is 0.325 e. The smallest absolute Gasteiger partial charge is 0.325 e. The molecule has 1 aliphatic heterocycles. The van der Waals surface area contributed by atoms with Crippen LogP contribution in [0.4, 0.5) is 10.5 Å². The summed E-state index contributed by atoms with van der Waals surface area (Å²) in [5.41, 5.74) is 1.56. The third-order valence-corrected chi connectivity index (χ3v) is 6.51. The standard InChI is InChI=1S/C26H39N5O5/c1-5-35-24(33)18-31-17-19-16-21(13-14-22(19)27-25(31)28-26(34)29(2)3)36-15-9-12-23(32)30(4)20-10-7-6-8-11-20/h13-14,16,20H,5-12,15,17-18H2,1-4H3,(H,27,28,34). The molecular weight excluding hydrogens is 462 g/mol. The second-order valence-electron chi connectivity index (χ2n) is 9.46. The van der Waals surface area contributed by atoms with Crippen LogP contribution in [0.25, 0.3) is 0 Å². The van der Waals surface area contributed by atoms with Crippen LogP contribution in [-0.4, -0.2) is 85.5 Å². The summed E-state index contributed by atoms with van der Waals surface area (Å²) in [4.78, 5) is 46.4. The topological polar surface area (TPSA) is 104 Å². The van der Waals surface area contributed by atoms with Crippen molar-refractivity contribution in [1.82, 2.24) is 20.0 Å². The summed E-state index contributed by atoms with van der Waals surface area (Å²) in [6.07, 6.45) is 6.98. The first-order chi connectivity index (χ1) is 17.3. The Hall–Kier alpha value is -3.30. The van der Waals surface area contributed by atoms with Gasteiger partial charge in [0.25, 0.3) is 0 Å². The number of hydrogen-bond donors (Lipinski definition) is 1. The minimum absolute atomic E-state index is 0.0401. The van der Waals surface area contributed by atoms with Gasteiger partial charge in [-0.3, -0.25) is 14.9 Å². The summed E-state index contributed by atoms with van der Waals surface area (Å²) in [7, 11) is 5.18. The third kappa shape index (κ3) is 7.60. The highest BCUT2D eigenvalue weighted by molar-refractivity contribution is 5.99. The zero-order chi connectivity index (χ0) is 26.1. The Bertz CT molecular complexity index is 958. The Morgan fingerprint density at radius 1 is 1.14 bits per heavy atom. The van der Waals surface area contributed by atoms with Gasteiger partial charge in [-0.2, -0.15) is 0 Å². The SMILES string of the molecule is CCOC(=O)CN1Cc2cc(OCCCC(=O)N(C)C3CCCCC3)ccc2N=C1NC(=O)N(C)C. The Morgan fingerprint density at radius 3 is 2.58 bits per heavy atom. The number of rotatable bonds is 9. The predicted molar refractivity (Wildman–Crippen MR) is 137 cm³/mol. The number of benzene rings is 1. The lowest BCUT2D eigenvalue weighted by molar-refractivity contribution is -0.143. The number of amides is 3. The van der Waals surface area contributed by atoms with Crippen LogP contribution in [0.5, 0.6) is 5.75 Å². The van der Waals surface area contributed by atoms with Gasteiger partial charge in [0.2, 0.25) is 11.9 Å². The molecule has 1 aliphatic carbocycles. The highest BCUT2D eigenvalue weighted by Crippen LogP contribution is 2.30. The van der Waals surface area contributed by atoms with Crippen LogP contribution in [0, 0.1) is 0 Å². The molecule has 0 radical (unpaired) electrons. The van der Waals surface area contributed by atoms with Gasteiger partial charge in [0.05, 0.1) is 18.9 Å². The van der Waals surface area contributed by atoms with E-state index in [2.05, 4.69) is 10.3 Å². The number of guanidine groups is 1. The van der Waals surface area contributed by atoms with E-state index in [4.69, 9.17) is 9.47 Å². The summed E-state index contributed by atoms with van der Waals surface area (Å²) in [6, 6.07) is 5.58. The van der Waals surface area contributed by atoms with Crippen molar-refractivity contribution in [3.05, 3.63) is 23.8 Å².